The van der Waals surface area contributed by atoms with Crippen molar-refractivity contribution < 1.29 is 4.79 Å². The number of para-hydroxylation sites is 1. The Kier molecular flexibility index (Phi) is 7.96. The van der Waals surface area contributed by atoms with Crippen molar-refractivity contribution >= 4 is 51.2 Å². The van der Waals surface area contributed by atoms with Crippen molar-refractivity contribution in [3.8, 4) is 0 Å². The van der Waals surface area contributed by atoms with Gasteiger partial charge in [-0.1, -0.05) is 140 Å². The van der Waals surface area contributed by atoms with Gasteiger partial charge in [0.25, 0.3) is 5.91 Å². The Labute approximate surface area is 253 Å². The van der Waals surface area contributed by atoms with Crippen molar-refractivity contribution in [1.29, 1.82) is 0 Å². The van der Waals surface area contributed by atoms with Crippen LogP contribution < -0.4 is 4.90 Å². The third kappa shape index (κ3) is 5.67. The molecular weight excluding hydrogens is 617 g/mol. The average Bonchev–Trinajstić information content (AvgIpc) is 3.29. The summed E-state index contributed by atoms with van der Waals surface area (Å²) < 4.78 is 0.940. The van der Waals surface area contributed by atoms with E-state index in [9.17, 15) is 4.79 Å². The van der Waals surface area contributed by atoms with Crippen LogP contribution >= 0.6 is 22.6 Å². The highest BCUT2D eigenvalue weighted by molar-refractivity contribution is 14.1. The molecule has 0 radical (unpaired) electrons. The van der Waals surface area contributed by atoms with Gasteiger partial charge in [-0.3, -0.25) is 4.79 Å². The number of amides is 1. The van der Waals surface area contributed by atoms with Gasteiger partial charge in [-0.15, -0.1) is 10.2 Å². The fourth-order valence-electron chi connectivity index (χ4n) is 4.95. The standard InChI is InChI=1S/C36H26IN3O/c37-33(32(27-17-7-2-8-18-27)28-19-9-3-10-20-28)34(29-21-11-4-12-22-29)38-39-35-30-23-13-14-24-31(30)40(36(35)41)25-26-15-5-1-6-16-26/h1-24H,25H2/b38-34+,39-35-. The van der Waals surface area contributed by atoms with Gasteiger partial charge in [0, 0.05) is 20.3 Å². The Balaban J connectivity index is 1.50. The van der Waals surface area contributed by atoms with Crippen molar-refractivity contribution in [1.82, 2.24) is 0 Å². The molecule has 0 atom stereocenters. The first-order valence-corrected chi connectivity index (χ1v) is 14.5. The molecule has 5 aromatic rings. The van der Waals surface area contributed by atoms with E-state index in [0.717, 1.165) is 42.7 Å². The Bertz CT molecular complexity index is 1720. The second-order valence-corrected chi connectivity index (χ2v) is 10.7. The quantitative estimate of drug-likeness (QED) is 0.100. The topological polar surface area (TPSA) is 45.0 Å². The van der Waals surface area contributed by atoms with Crippen LogP contribution in [0.2, 0.25) is 0 Å². The van der Waals surface area contributed by atoms with E-state index in [2.05, 4.69) is 52.0 Å². The molecule has 0 spiro atoms. The molecule has 1 aliphatic rings. The summed E-state index contributed by atoms with van der Waals surface area (Å²) in [4.78, 5) is 15.6. The van der Waals surface area contributed by atoms with Gasteiger partial charge in [-0.2, -0.15) is 0 Å². The molecule has 0 N–H and O–H groups in total. The number of hydrogen-bond donors (Lipinski definition) is 0. The van der Waals surface area contributed by atoms with Crippen molar-refractivity contribution in [3.63, 3.8) is 0 Å². The number of rotatable bonds is 7. The van der Waals surface area contributed by atoms with E-state index in [1.165, 1.54) is 0 Å². The van der Waals surface area contributed by atoms with E-state index in [1.54, 1.807) is 4.90 Å². The predicted octanol–water partition coefficient (Wildman–Crippen LogP) is 8.32. The minimum atomic E-state index is -0.156. The molecule has 6 rings (SSSR count). The van der Waals surface area contributed by atoms with Gasteiger partial charge in [0.15, 0.2) is 5.71 Å². The third-order valence-electron chi connectivity index (χ3n) is 6.93. The first kappa shape index (κ1) is 26.6. The van der Waals surface area contributed by atoms with E-state index < -0.39 is 0 Å². The Morgan fingerprint density at radius 1 is 0.610 bits per heavy atom. The van der Waals surface area contributed by atoms with E-state index >= 15 is 0 Å². The molecule has 5 aromatic carbocycles. The molecule has 0 unspecified atom stereocenters. The zero-order valence-electron chi connectivity index (χ0n) is 22.2. The van der Waals surface area contributed by atoms with E-state index in [4.69, 9.17) is 5.10 Å². The molecule has 0 bridgehead atoms. The molecule has 41 heavy (non-hydrogen) atoms. The fraction of sp³-hybridized carbons (Fsp3) is 0.0278. The lowest BCUT2D eigenvalue weighted by atomic mass is 9.95. The highest BCUT2D eigenvalue weighted by atomic mass is 127. The molecule has 1 amide bonds. The third-order valence-corrected chi connectivity index (χ3v) is 7.98. The van der Waals surface area contributed by atoms with E-state index in [0.29, 0.717) is 18.0 Å². The Morgan fingerprint density at radius 2 is 1.10 bits per heavy atom. The highest BCUT2D eigenvalue weighted by Gasteiger charge is 2.34. The van der Waals surface area contributed by atoms with E-state index in [1.807, 2.05) is 121 Å². The molecule has 0 aromatic heterocycles. The number of fused-ring (bicyclic) bond motifs is 1. The van der Waals surface area contributed by atoms with Crippen molar-refractivity contribution in [2.24, 2.45) is 10.2 Å². The SMILES string of the molecule is O=C1/C(=N\N=C(\C(I)=C(c2ccccc2)c2ccccc2)c2ccccc2)c2ccccc2N1Cc1ccccc1. The second-order valence-electron chi connectivity index (χ2n) is 9.58. The van der Waals surface area contributed by atoms with Crippen LogP contribution in [-0.2, 0) is 11.3 Å². The second kappa shape index (κ2) is 12.3. The summed E-state index contributed by atoms with van der Waals surface area (Å²) in [6.07, 6.45) is 0. The lowest BCUT2D eigenvalue weighted by Crippen LogP contribution is -2.29. The van der Waals surface area contributed by atoms with Crippen molar-refractivity contribution in [2.45, 2.75) is 6.54 Å². The van der Waals surface area contributed by atoms with Gasteiger partial charge in [0.05, 0.1) is 12.2 Å². The van der Waals surface area contributed by atoms with Crippen LogP contribution in [0.5, 0.6) is 0 Å². The van der Waals surface area contributed by atoms with Crippen LogP contribution in [-0.4, -0.2) is 17.3 Å². The van der Waals surface area contributed by atoms with Gasteiger partial charge in [0.1, 0.15) is 5.71 Å². The van der Waals surface area contributed by atoms with Crippen LogP contribution in [0.1, 0.15) is 27.8 Å². The summed E-state index contributed by atoms with van der Waals surface area (Å²) in [5, 5.41) is 9.51. The van der Waals surface area contributed by atoms with Gasteiger partial charge in [0.2, 0.25) is 0 Å². The summed E-state index contributed by atoms with van der Waals surface area (Å²) in [5.41, 5.74) is 7.86. The number of carbonyl (C=O) groups is 1. The first-order chi connectivity index (χ1) is 20.2. The van der Waals surface area contributed by atoms with Crippen molar-refractivity contribution in [3.05, 3.63) is 177 Å². The molecule has 0 fully saturated rings. The van der Waals surface area contributed by atoms with E-state index in [-0.39, 0.29) is 5.91 Å². The summed E-state index contributed by atoms with van der Waals surface area (Å²) >= 11 is 2.37. The summed E-state index contributed by atoms with van der Waals surface area (Å²) in [7, 11) is 0. The zero-order valence-corrected chi connectivity index (χ0v) is 24.3. The molecule has 0 aliphatic carbocycles. The number of nitrogens with zero attached hydrogens (tertiary/aromatic N) is 3. The normalized spacial score (nSPS) is 13.8. The monoisotopic (exact) mass is 643 g/mol. The Hall–Kier alpha value is -4.62. The molecule has 198 valence electrons. The maximum Gasteiger partial charge on any atom is 0.279 e. The minimum absolute atomic E-state index is 0.156. The number of hydrogen-bond acceptors (Lipinski definition) is 3. The lowest BCUT2D eigenvalue weighted by molar-refractivity contribution is -0.112. The number of carbonyl (C=O) groups excluding carboxylic acids is 1. The summed E-state index contributed by atoms with van der Waals surface area (Å²) in [6.45, 7) is 0.467. The average molecular weight is 644 g/mol. The number of anilines is 1. The highest BCUT2D eigenvalue weighted by Crippen LogP contribution is 2.34. The predicted molar refractivity (Wildman–Crippen MR) is 177 cm³/mol. The van der Waals surface area contributed by atoms with Crippen LogP contribution in [0.4, 0.5) is 5.69 Å². The smallest absolute Gasteiger partial charge is 0.279 e. The molecule has 5 heteroatoms. The van der Waals surface area contributed by atoms with Gasteiger partial charge >= 0.3 is 0 Å². The van der Waals surface area contributed by atoms with Crippen LogP contribution in [0, 0.1) is 0 Å². The molecule has 0 saturated heterocycles. The van der Waals surface area contributed by atoms with Crippen LogP contribution in [0.15, 0.2) is 159 Å². The zero-order chi connectivity index (χ0) is 28.0. The summed E-state index contributed by atoms with van der Waals surface area (Å²) in [5.74, 6) is -0.156. The lowest BCUT2D eigenvalue weighted by Gasteiger charge is -2.16. The maximum absolute atomic E-state index is 13.8. The number of benzene rings is 5. The number of allylic oxidation sites excluding steroid dienone is 1. The molecule has 1 heterocycles. The van der Waals surface area contributed by atoms with Crippen molar-refractivity contribution in [2.75, 3.05) is 4.90 Å². The molecule has 1 aliphatic heterocycles. The minimum Gasteiger partial charge on any atom is -0.302 e. The molecule has 0 saturated carbocycles. The first-order valence-electron chi connectivity index (χ1n) is 13.4. The fourth-order valence-corrected chi connectivity index (χ4v) is 6.00. The molecular formula is C36H26IN3O. The van der Waals surface area contributed by atoms with Crippen LogP contribution in [0.25, 0.3) is 5.57 Å². The van der Waals surface area contributed by atoms with Gasteiger partial charge in [-0.25, -0.2) is 0 Å². The number of halogens is 1. The summed E-state index contributed by atoms with van der Waals surface area (Å²) in [6, 6.07) is 48.4. The maximum atomic E-state index is 13.8. The van der Waals surface area contributed by atoms with Crippen LogP contribution in [0.3, 0.4) is 0 Å². The Morgan fingerprint density at radius 3 is 1.68 bits per heavy atom. The molecule has 4 nitrogen and oxygen atoms in total. The van der Waals surface area contributed by atoms with Gasteiger partial charge < -0.3 is 4.90 Å². The van der Waals surface area contributed by atoms with Gasteiger partial charge in [-0.05, 0) is 45.3 Å². The largest absolute Gasteiger partial charge is 0.302 e.